The first-order chi connectivity index (χ1) is 14.3. The zero-order valence-corrected chi connectivity index (χ0v) is 16.3. The molecule has 2 aliphatic rings. The Hall–Kier alpha value is -2.74. The number of rotatable bonds is 6. The van der Waals surface area contributed by atoms with E-state index < -0.39 is 23.7 Å². The van der Waals surface area contributed by atoms with Gasteiger partial charge in [-0.1, -0.05) is 25.1 Å². The third-order valence-electron chi connectivity index (χ3n) is 5.54. The standard InChI is InChI=1S/C22H21F3O5/c1-2-21(13-16-9-11-19(21)27-16)29-18-12-14(8-10-17(18)30-22(23,24)25)20(26)28-15-6-4-3-5-7-15/h3-8,10,12,16,19H,2,9,11,13H2,1H3. The van der Waals surface area contributed by atoms with Gasteiger partial charge in [-0.2, -0.15) is 0 Å². The molecule has 2 aromatic carbocycles. The highest BCUT2D eigenvalue weighted by Crippen LogP contribution is 2.48. The lowest BCUT2D eigenvalue weighted by atomic mass is 9.82. The van der Waals surface area contributed by atoms with Gasteiger partial charge in [0.15, 0.2) is 11.5 Å². The average molecular weight is 422 g/mol. The first-order valence-electron chi connectivity index (χ1n) is 9.79. The van der Waals surface area contributed by atoms with Crippen molar-refractivity contribution in [1.29, 1.82) is 0 Å². The highest BCUT2D eigenvalue weighted by Gasteiger charge is 2.53. The van der Waals surface area contributed by atoms with Crippen LogP contribution >= 0.6 is 0 Å². The van der Waals surface area contributed by atoms with Gasteiger partial charge in [-0.3, -0.25) is 0 Å². The summed E-state index contributed by atoms with van der Waals surface area (Å²) in [5.41, 5.74) is -0.701. The summed E-state index contributed by atoms with van der Waals surface area (Å²) in [6, 6.07) is 11.9. The number of alkyl halides is 3. The van der Waals surface area contributed by atoms with Crippen molar-refractivity contribution < 1.29 is 36.9 Å². The summed E-state index contributed by atoms with van der Waals surface area (Å²) in [7, 11) is 0. The van der Waals surface area contributed by atoms with Crippen LogP contribution in [-0.4, -0.2) is 30.1 Å². The summed E-state index contributed by atoms with van der Waals surface area (Å²) in [6.45, 7) is 1.90. The Balaban J connectivity index is 1.63. The fourth-order valence-corrected chi connectivity index (χ4v) is 4.11. The first-order valence-corrected chi connectivity index (χ1v) is 9.79. The molecule has 4 rings (SSSR count). The number of carbonyl (C=O) groups is 1. The van der Waals surface area contributed by atoms with Crippen LogP contribution in [0.25, 0.3) is 0 Å². The van der Waals surface area contributed by atoms with Crippen LogP contribution in [0.3, 0.4) is 0 Å². The number of hydrogen-bond acceptors (Lipinski definition) is 5. The van der Waals surface area contributed by atoms with Crippen LogP contribution in [0.5, 0.6) is 17.2 Å². The van der Waals surface area contributed by atoms with Crippen LogP contribution < -0.4 is 14.2 Å². The summed E-state index contributed by atoms with van der Waals surface area (Å²) in [6.07, 6.45) is -2.24. The Morgan fingerprint density at radius 2 is 1.90 bits per heavy atom. The third kappa shape index (κ3) is 4.23. The minimum absolute atomic E-state index is 0.0353. The molecule has 3 unspecified atom stereocenters. The van der Waals surface area contributed by atoms with Crippen molar-refractivity contribution in [2.24, 2.45) is 0 Å². The summed E-state index contributed by atoms with van der Waals surface area (Å²) < 4.78 is 60.2. The molecule has 0 aromatic heterocycles. The topological polar surface area (TPSA) is 54.0 Å². The highest BCUT2D eigenvalue weighted by atomic mass is 19.4. The predicted octanol–water partition coefficient (Wildman–Crippen LogP) is 5.28. The van der Waals surface area contributed by atoms with Crippen molar-refractivity contribution >= 4 is 5.97 Å². The number of benzene rings is 2. The zero-order valence-electron chi connectivity index (χ0n) is 16.3. The molecule has 2 aliphatic heterocycles. The van der Waals surface area contributed by atoms with Crippen molar-refractivity contribution in [2.45, 2.75) is 56.8 Å². The minimum Gasteiger partial charge on any atom is -0.481 e. The van der Waals surface area contributed by atoms with Gasteiger partial charge in [-0.15, -0.1) is 13.2 Å². The number of carbonyl (C=O) groups excluding carboxylic acids is 1. The predicted molar refractivity (Wildman–Crippen MR) is 101 cm³/mol. The summed E-state index contributed by atoms with van der Waals surface area (Å²) in [5.74, 6) is -1.05. The Bertz CT molecular complexity index is 915. The van der Waals surface area contributed by atoms with Gasteiger partial charge in [0.2, 0.25) is 0 Å². The Kier molecular flexibility index (Phi) is 5.36. The van der Waals surface area contributed by atoms with E-state index in [2.05, 4.69) is 4.74 Å². The van der Waals surface area contributed by atoms with Crippen LogP contribution in [-0.2, 0) is 4.74 Å². The molecule has 8 heteroatoms. The fraction of sp³-hybridized carbons (Fsp3) is 0.409. The maximum Gasteiger partial charge on any atom is 0.573 e. The van der Waals surface area contributed by atoms with Crippen molar-refractivity contribution in [2.75, 3.05) is 0 Å². The number of fused-ring (bicyclic) bond motifs is 2. The molecular formula is C22H21F3O5. The highest BCUT2D eigenvalue weighted by molar-refractivity contribution is 5.91. The molecule has 0 N–H and O–H groups in total. The largest absolute Gasteiger partial charge is 0.573 e. The molecular weight excluding hydrogens is 401 g/mol. The molecule has 0 spiro atoms. The number of halogens is 3. The van der Waals surface area contributed by atoms with Gasteiger partial charge >= 0.3 is 12.3 Å². The zero-order chi connectivity index (χ0) is 21.4. The van der Waals surface area contributed by atoms with Gasteiger partial charge in [-0.25, -0.2) is 4.79 Å². The van der Waals surface area contributed by atoms with Crippen LogP contribution in [0, 0.1) is 0 Å². The molecule has 2 bridgehead atoms. The van der Waals surface area contributed by atoms with Gasteiger partial charge in [0.1, 0.15) is 11.4 Å². The first kappa shape index (κ1) is 20.5. The molecule has 2 saturated heterocycles. The second-order valence-corrected chi connectivity index (χ2v) is 7.46. The molecule has 30 heavy (non-hydrogen) atoms. The van der Waals surface area contributed by atoms with E-state index in [1.54, 1.807) is 30.3 Å². The van der Waals surface area contributed by atoms with E-state index in [1.807, 2.05) is 6.92 Å². The summed E-state index contributed by atoms with van der Waals surface area (Å²) in [4.78, 5) is 12.5. The third-order valence-corrected chi connectivity index (χ3v) is 5.54. The lowest BCUT2D eigenvalue weighted by Gasteiger charge is -2.35. The molecule has 0 amide bonds. The van der Waals surface area contributed by atoms with E-state index in [-0.39, 0.29) is 23.5 Å². The van der Waals surface area contributed by atoms with Gasteiger partial charge < -0.3 is 18.9 Å². The SMILES string of the molecule is CCC1(Oc2cc(C(=O)Oc3ccccc3)ccc2OC(F)(F)F)CC2CCC1O2. The summed E-state index contributed by atoms with van der Waals surface area (Å²) in [5, 5.41) is 0. The molecule has 2 aromatic rings. The van der Waals surface area contributed by atoms with Gasteiger partial charge in [-0.05, 0) is 49.6 Å². The molecule has 0 radical (unpaired) electrons. The molecule has 2 heterocycles. The number of para-hydroxylation sites is 1. The molecule has 2 fully saturated rings. The van der Waals surface area contributed by atoms with Crippen molar-refractivity contribution in [1.82, 2.24) is 0 Å². The Morgan fingerprint density at radius 3 is 2.50 bits per heavy atom. The van der Waals surface area contributed by atoms with Crippen LogP contribution in [0.1, 0.15) is 43.0 Å². The van der Waals surface area contributed by atoms with E-state index in [0.29, 0.717) is 18.6 Å². The van der Waals surface area contributed by atoms with Crippen molar-refractivity contribution in [3.8, 4) is 17.2 Å². The van der Waals surface area contributed by atoms with Gasteiger partial charge in [0, 0.05) is 6.42 Å². The second-order valence-electron chi connectivity index (χ2n) is 7.46. The van der Waals surface area contributed by atoms with Crippen LogP contribution in [0.4, 0.5) is 13.2 Å². The van der Waals surface area contributed by atoms with Crippen molar-refractivity contribution in [3.05, 3.63) is 54.1 Å². The minimum atomic E-state index is -4.89. The molecule has 3 atom stereocenters. The van der Waals surface area contributed by atoms with E-state index >= 15 is 0 Å². The van der Waals surface area contributed by atoms with Crippen molar-refractivity contribution in [3.63, 3.8) is 0 Å². The fourth-order valence-electron chi connectivity index (χ4n) is 4.11. The maximum absolute atomic E-state index is 12.9. The summed E-state index contributed by atoms with van der Waals surface area (Å²) >= 11 is 0. The average Bonchev–Trinajstić information content (AvgIpc) is 3.30. The number of hydrogen-bond donors (Lipinski definition) is 0. The van der Waals surface area contributed by atoms with Gasteiger partial charge in [0.05, 0.1) is 17.8 Å². The molecule has 5 nitrogen and oxygen atoms in total. The molecule has 160 valence electrons. The number of ether oxygens (including phenoxy) is 4. The number of esters is 1. The normalized spacial score (nSPS) is 25.2. The van der Waals surface area contributed by atoms with Gasteiger partial charge in [0.25, 0.3) is 0 Å². The molecule has 0 saturated carbocycles. The second kappa shape index (κ2) is 7.83. The Labute approximate surface area is 171 Å². The lowest BCUT2D eigenvalue weighted by molar-refractivity contribution is -0.275. The van der Waals surface area contributed by atoms with E-state index in [4.69, 9.17) is 14.2 Å². The smallest absolute Gasteiger partial charge is 0.481 e. The quantitative estimate of drug-likeness (QED) is 0.468. The molecule has 0 aliphatic carbocycles. The van der Waals surface area contributed by atoms with E-state index in [1.165, 1.54) is 12.1 Å². The van der Waals surface area contributed by atoms with Crippen LogP contribution in [0.2, 0.25) is 0 Å². The van der Waals surface area contributed by atoms with Crippen LogP contribution in [0.15, 0.2) is 48.5 Å². The Morgan fingerprint density at radius 1 is 1.13 bits per heavy atom. The monoisotopic (exact) mass is 422 g/mol. The van der Waals surface area contributed by atoms with E-state index in [9.17, 15) is 18.0 Å². The lowest BCUT2D eigenvalue weighted by Crippen LogP contribution is -2.45. The van der Waals surface area contributed by atoms with E-state index in [0.717, 1.165) is 18.9 Å². The maximum atomic E-state index is 12.9.